The summed E-state index contributed by atoms with van der Waals surface area (Å²) in [5.74, 6) is -2.56. The highest BCUT2D eigenvalue weighted by Gasteiger charge is 2.27. The lowest BCUT2D eigenvalue weighted by Gasteiger charge is -2.35. The van der Waals surface area contributed by atoms with E-state index in [9.17, 15) is 18.4 Å². The molecule has 0 unspecified atom stereocenters. The fourth-order valence-electron chi connectivity index (χ4n) is 4.20. The van der Waals surface area contributed by atoms with E-state index in [2.05, 4.69) is 0 Å². The minimum absolute atomic E-state index is 0.0892. The Hall–Kier alpha value is -4.13. The summed E-state index contributed by atoms with van der Waals surface area (Å²) in [4.78, 5) is 34.2. The van der Waals surface area contributed by atoms with Gasteiger partial charge in [0.15, 0.2) is 11.6 Å². The average Bonchev–Trinajstić information content (AvgIpc) is 2.89. The first kappa shape index (κ1) is 21.7. The SMILES string of the molecule is O=C(c1ccc(F)c(F)c1)N1CCN(C(=O)c2cc(-c3ccccc3)nc3ccccc23)CC1. The third-order valence-electron chi connectivity index (χ3n) is 6.04. The number of hydrogen-bond acceptors (Lipinski definition) is 3. The topological polar surface area (TPSA) is 53.5 Å². The first-order chi connectivity index (χ1) is 16.5. The van der Waals surface area contributed by atoms with E-state index in [4.69, 9.17) is 4.98 Å². The van der Waals surface area contributed by atoms with Gasteiger partial charge in [-0.15, -0.1) is 0 Å². The smallest absolute Gasteiger partial charge is 0.254 e. The second-order valence-electron chi connectivity index (χ2n) is 8.15. The number of amides is 2. The predicted molar refractivity (Wildman–Crippen MR) is 125 cm³/mol. The Kier molecular flexibility index (Phi) is 5.76. The van der Waals surface area contributed by atoms with Crippen LogP contribution in [0.25, 0.3) is 22.2 Å². The Balaban J connectivity index is 1.38. The van der Waals surface area contributed by atoms with E-state index in [-0.39, 0.29) is 17.4 Å². The van der Waals surface area contributed by atoms with Gasteiger partial charge in [-0.1, -0.05) is 48.5 Å². The van der Waals surface area contributed by atoms with Gasteiger partial charge in [0.05, 0.1) is 16.8 Å². The summed E-state index contributed by atoms with van der Waals surface area (Å²) < 4.78 is 26.7. The Bertz CT molecular complexity index is 1380. The Morgan fingerprint density at radius 2 is 1.35 bits per heavy atom. The van der Waals surface area contributed by atoms with Crippen molar-refractivity contribution in [3.63, 3.8) is 0 Å². The number of piperazine rings is 1. The quantitative estimate of drug-likeness (QED) is 0.445. The molecule has 2 heterocycles. The molecule has 7 heteroatoms. The molecule has 1 saturated heterocycles. The highest BCUT2D eigenvalue weighted by molar-refractivity contribution is 6.07. The molecule has 5 rings (SSSR count). The Labute approximate surface area is 195 Å². The van der Waals surface area contributed by atoms with Gasteiger partial charge in [0.2, 0.25) is 0 Å². The maximum Gasteiger partial charge on any atom is 0.254 e. The summed E-state index contributed by atoms with van der Waals surface area (Å²) >= 11 is 0. The molecule has 0 aliphatic carbocycles. The Morgan fingerprint density at radius 3 is 2.06 bits per heavy atom. The zero-order chi connectivity index (χ0) is 23.7. The van der Waals surface area contributed by atoms with Crippen molar-refractivity contribution in [1.82, 2.24) is 14.8 Å². The standard InChI is InChI=1S/C27H21F2N3O2/c28-22-11-10-19(16-23(22)29)26(33)31-12-14-32(15-13-31)27(34)21-17-25(18-6-2-1-3-7-18)30-24-9-5-4-8-20(21)24/h1-11,16-17H,12-15H2. The van der Waals surface area contributed by atoms with Gasteiger partial charge in [-0.3, -0.25) is 9.59 Å². The van der Waals surface area contributed by atoms with Crippen LogP contribution in [0.15, 0.2) is 78.9 Å². The van der Waals surface area contributed by atoms with E-state index in [1.807, 2.05) is 60.7 Å². The van der Waals surface area contributed by atoms with Crippen LogP contribution in [-0.2, 0) is 0 Å². The molecule has 34 heavy (non-hydrogen) atoms. The maximum absolute atomic E-state index is 13.5. The normalized spacial score (nSPS) is 13.8. The van der Waals surface area contributed by atoms with E-state index in [0.717, 1.165) is 34.3 Å². The first-order valence-corrected chi connectivity index (χ1v) is 11.0. The van der Waals surface area contributed by atoms with Crippen LogP contribution in [0.4, 0.5) is 8.78 Å². The number of carbonyl (C=O) groups is 2. The fourth-order valence-corrected chi connectivity index (χ4v) is 4.20. The van der Waals surface area contributed by atoms with Gasteiger partial charge in [-0.25, -0.2) is 13.8 Å². The van der Waals surface area contributed by atoms with Gasteiger partial charge >= 0.3 is 0 Å². The summed E-state index contributed by atoms with van der Waals surface area (Å²) in [5, 5.41) is 0.771. The van der Waals surface area contributed by atoms with Crippen LogP contribution in [0.1, 0.15) is 20.7 Å². The van der Waals surface area contributed by atoms with Gasteiger partial charge in [-0.05, 0) is 30.3 Å². The lowest BCUT2D eigenvalue weighted by Crippen LogP contribution is -2.50. The molecule has 5 nitrogen and oxygen atoms in total. The number of hydrogen-bond donors (Lipinski definition) is 0. The predicted octanol–water partition coefficient (Wildman–Crippen LogP) is 4.78. The fraction of sp³-hybridized carbons (Fsp3) is 0.148. The van der Waals surface area contributed by atoms with Crippen molar-refractivity contribution in [3.05, 3.63) is 102 Å². The third-order valence-corrected chi connectivity index (χ3v) is 6.04. The summed E-state index contributed by atoms with van der Waals surface area (Å²) in [6, 6.07) is 22.2. The third kappa shape index (κ3) is 4.12. The number of benzene rings is 3. The Morgan fingerprint density at radius 1 is 0.706 bits per heavy atom. The minimum atomic E-state index is -1.06. The lowest BCUT2D eigenvalue weighted by molar-refractivity contribution is 0.0536. The number of fused-ring (bicyclic) bond motifs is 1. The summed E-state index contributed by atoms with van der Waals surface area (Å²) in [6.07, 6.45) is 0. The van der Waals surface area contributed by atoms with Gasteiger partial charge in [-0.2, -0.15) is 0 Å². The van der Waals surface area contributed by atoms with Crippen LogP contribution in [0.3, 0.4) is 0 Å². The zero-order valence-electron chi connectivity index (χ0n) is 18.2. The molecule has 1 fully saturated rings. The highest BCUT2D eigenvalue weighted by atomic mass is 19.2. The number of halogens is 2. The highest BCUT2D eigenvalue weighted by Crippen LogP contribution is 2.26. The van der Waals surface area contributed by atoms with E-state index in [0.29, 0.717) is 31.7 Å². The second-order valence-corrected chi connectivity index (χ2v) is 8.15. The molecule has 1 aromatic heterocycles. The molecule has 0 N–H and O–H groups in total. The van der Waals surface area contributed by atoms with Crippen molar-refractivity contribution in [2.45, 2.75) is 0 Å². The molecular formula is C27H21F2N3O2. The molecule has 0 atom stereocenters. The van der Waals surface area contributed by atoms with Gasteiger partial charge in [0.1, 0.15) is 0 Å². The molecule has 0 bridgehead atoms. The summed E-state index contributed by atoms with van der Waals surface area (Å²) in [6.45, 7) is 1.29. The number of carbonyl (C=O) groups excluding carboxylic acids is 2. The number of aromatic nitrogens is 1. The molecular weight excluding hydrogens is 436 g/mol. The first-order valence-electron chi connectivity index (χ1n) is 11.0. The maximum atomic E-state index is 13.5. The van der Waals surface area contributed by atoms with Crippen LogP contribution in [0, 0.1) is 11.6 Å². The minimum Gasteiger partial charge on any atom is -0.335 e. The molecule has 1 aliphatic rings. The zero-order valence-corrected chi connectivity index (χ0v) is 18.2. The van der Waals surface area contributed by atoms with Gasteiger partial charge < -0.3 is 9.80 Å². The molecule has 170 valence electrons. The molecule has 0 saturated carbocycles. The van der Waals surface area contributed by atoms with Gasteiger partial charge in [0, 0.05) is 42.7 Å². The lowest BCUT2D eigenvalue weighted by atomic mass is 10.0. The van der Waals surface area contributed by atoms with E-state index in [1.54, 1.807) is 9.80 Å². The van der Waals surface area contributed by atoms with Gasteiger partial charge in [0.25, 0.3) is 11.8 Å². The number of nitrogens with zero attached hydrogens (tertiary/aromatic N) is 3. The summed E-state index contributed by atoms with van der Waals surface area (Å²) in [7, 11) is 0. The van der Waals surface area contributed by atoms with E-state index in [1.165, 1.54) is 6.07 Å². The van der Waals surface area contributed by atoms with E-state index < -0.39 is 11.6 Å². The van der Waals surface area contributed by atoms with Crippen molar-refractivity contribution >= 4 is 22.7 Å². The largest absolute Gasteiger partial charge is 0.335 e. The van der Waals surface area contributed by atoms with Crippen LogP contribution in [0.2, 0.25) is 0 Å². The van der Waals surface area contributed by atoms with Crippen LogP contribution in [-0.4, -0.2) is 52.8 Å². The summed E-state index contributed by atoms with van der Waals surface area (Å²) in [5.41, 5.74) is 3.02. The number of pyridine rings is 1. The van der Waals surface area contributed by atoms with Crippen molar-refractivity contribution in [1.29, 1.82) is 0 Å². The molecule has 3 aromatic carbocycles. The van der Waals surface area contributed by atoms with Crippen LogP contribution < -0.4 is 0 Å². The monoisotopic (exact) mass is 457 g/mol. The van der Waals surface area contributed by atoms with Crippen molar-refractivity contribution in [2.24, 2.45) is 0 Å². The molecule has 1 aliphatic heterocycles. The van der Waals surface area contributed by atoms with Crippen LogP contribution in [0.5, 0.6) is 0 Å². The average molecular weight is 457 g/mol. The number of rotatable bonds is 3. The second kappa shape index (κ2) is 9.02. The van der Waals surface area contributed by atoms with E-state index >= 15 is 0 Å². The molecule has 2 amide bonds. The molecule has 0 radical (unpaired) electrons. The molecule has 4 aromatic rings. The van der Waals surface area contributed by atoms with Crippen molar-refractivity contribution in [2.75, 3.05) is 26.2 Å². The van der Waals surface area contributed by atoms with Crippen molar-refractivity contribution in [3.8, 4) is 11.3 Å². The molecule has 0 spiro atoms. The number of para-hydroxylation sites is 1. The van der Waals surface area contributed by atoms with Crippen molar-refractivity contribution < 1.29 is 18.4 Å². The van der Waals surface area contributed by atoms with Crippen LogP contribution >= 0.6 is 0 Å².